The van der Waals surface area contributed by atoms with Gasteiger partial charge < -0.3 is 16.0 Å². The van der Waals surface area contributed by atoms with Crippen LogP contribution >= 0.6 is 12.4 Å². The number of nitrogens with one attached hydrogen (secondary N) is 1. The normalized spacial score (nSPS) is 19.0. The fourth-order valence-electron chi connectivity index (χ4n) is 2.44. The molecule has 24 heavy (non-hydrogen) atoms. The molecule has 0 aliphatic carbocycles. The lowest BCUT2D eigenvalue weighted by Gasteiger charge is -2.27. The minimum atomic E-state index is -0.824. The molecule has 2 atom stereocenters. The van der Waals surface area contributed by atoms with Crippen molar-refractivity contribution in [3.63, 3.8) is 0 Å². The van der Waals surface area contributed by atoms with Gasteiger partial charge in [-0.15, -0.1) is 12.4 Å². The summed E-state index contributed by atoms with van der Waals surface area (Å²) in [5.74, 6) is -2.61. The summed E-state index contributed by atoms with van der Waals surface area (Å²) in [6.45, 7) is 5.57. The van der Waals surface area contributed by atoms with Crippen LogP contribution in [0.15, 0.2) is 18.2 Å². The highest BCUT2D eigenvalue weighted by molar-refractivity contribution is 6.02. The summed E-state index contributed by atoms with van der Waals surface area (Å²) >= 11 is 0. The van der Waals surface area contributed by atoms with Crippen LogP contribution in [0.3, 0.4) is 0 Å². The molecular formula is C16H22ClF2N3O2. The summed E-state index contributed by atoms with van der Waals surface area (Å²) in [5.41, 5.74) is 5.02. The Labute approximate surface area is 146 Å². The second-order valence-corrected chi connectivity index (χ2v) is 6.75. The Kier molecular flexibility index (Phi) is 6.30. The first-order valence-corrected chi connectivity index (χ1v) is 7.44. The molecule has 2 amide bonds. The molecule has 8 heteroatoms. The summed E-state index contributed by atoms with van der Waals surface area (Å²) in [6, 6.07) is 1.81. The fraction of sp³-hybridized carbons (Fsp3) is 0.500. The number of carbonyl (C=O) groups excluding carboxylic acids is 2. The highest BCUT2D eigenvalue weighted by Gasteiger charge is 2.38. The molecule has 1 aromatic carbocycles. The van der Waals surface area contributed by atoms with Gasteiger partial charge in [0.05, 0.1) is 6.04 Å². The third-order valence-electron chi connectivity index (χ3n) is 3.94. The molecule has 0 aromatic heterocycles. The van der Waals surface area contributed by atoms with Crippen molar-refractivity contribution in [1.29, 1.82) is 0 Å². The Hall–Kier alpha value is -1.73. The summed E-state index contributed by atoms with van der Waals surface area (Å²) in [5, 5.41) is 2.57. The molecule has 1 saturated heterocycles. The van der Waals surface area contributed by atoms with Gasteiger partial charge in [-0.2, -0.15) is 0 Å². The molecular weight excluding hydrogens is 340 g/mol. The first kappa shape index (κ1) is 20.3. The average molecular weight is 362 g/mol. The van der Waals surface area contributed by atoms with Gasteiger partial charge in [0.15, 0.2) is 0 Å². The van der Waals surface area contributed by atoms with Crippen LogP contribution in [0.4, 0.5) is 14.5 Å². The SMILES string of the molecule is CC(C)(C)[C@H](N)C(=O)NC1CCN(c2c(F)cccc2F)C1=O.Cl. The van der Waals surface area contributed by atoms with Crippen molar-refractivity contribution in [2.75, 3.05) is 11.4 Å². The lowest BCUT2D eigenvalue weighted by Crippen LogP contribution is -2.53. The number of rotatable bonds is 3. The molecule has 0 radical (unpaired) electrons. The third-order valence-corrected chi connectivity index (χ3v) is 3.94. The number of nitrogens with zero attached hydrogens (tertiary/aromatic N) is 1. The summed E-state index contributed by atoms with van der Waals surface area (Å²) < 4.78 is 27.6. The van der Waals surface area contributed by atoms with Crippen molar-refractivity contribution < 1.29 is 18.4 Å². The molecule has 1 heterocycles. The monoisotopic (exact) mass is 361 g/mol. The number of para-hydroxylation sites is 1. The van der Waals surface area contributed by atoms with Crippen molar-refractivity contribution in [2.24, 2.45) is 11.1 Å². The highest BCUT2D eigenvalue weighted by atomic mass is 35.5. The van der Waals surface area contributed by atoms with Crippen LogP contribution < -0.4 is 16.0 Å². The van der Waals surface area contributed by atoms with Crippen LogP contribution in [0.1, 0.15) is 27.2 Å². The van der Waals surface area contributed by atoms with Crippen LogP contribution in [0.2, 0.25) is 0 Å². The van der Waals surface area contributed by atoms with Gasteiger partial charge in [0.1, 0.15) is 23.4 Å². The molecule has 1 fully saturated rings. The maximum Gasteiger partial charge on any atom is 0.249 e. The number of benzene rings is 1. The topological polar surface area (TPSA) is 75.4 Å². The van der Waals surface area contributed by atoms with Crippen molar-refractivity contribution >= 4 is 29.9 Å². The van der Waals surface area contributed by atoms with E-state index in [-0.39, 0.29) is 31.1 Å². The summed E-state index contributed by atoms with van der Waals surface area (Å²) in [6.07, 6.45) is 0.273. The molecule has 5 nitrogen and oxygen atoms in total. The standard InChI is InChI=1S/C16H21F2N3O2.ClH/c1-16(2,3)13(19)14(22)20-11-7-8-21(15(11)23)12-9(17)5-4-6-10(12)18;/h4-6,11,13H,7-8,19H2,1-3H3,(H,20,22);1H/t11?,13-;/m1./s1. The molecule has 0 spiro atoms. The van der Waals surface area contributed by atoms with Crippen molar-refractivity contribution in [2.45, 2.75) is 39.3 Å². The third kappa shape index (κ3) is 4.02. The summed E-state index contributed by atoms with van der Waals surface area (Å²) in [7, 11) is 0. The second-order valence-electron chi connectivity index (χ2n) is 6.75. The van der Waals surface area contributed by atoms with E-state index in [4.69, 9.17) is 5.73 Å². The molecule has 1 aliphatic heterocycles. The van der Waals surface area contributed by atoms with Gasteiger partial charge in [-0.1, -0.05) is 26.8 Å². The number of nitrogens with two attached hydrogens (primary N) is 1. The van der Waals surface area contributed by atoms with Crippen LogP contribution in [0.5, 0.6) is 0 Å². The Morgan fingerprint density at radius 2 is 1.88 bits per heavy atom. The van der Waals surface area contributed by atoms with Gasteiger partial charge in [0, 0.05) is 6.54 Å². The van der Waals surface area contributed by atoms with Crippen LogP contribution in [-0.2, 0) is 9.59 Å². The van der Waals surface area contributed by atoms with Gasteiger partial charge >= 0.3 is 0 Å². The molecule has 3 N–H and O–H groups in total. The van der Waals surface area contributed by atoms with Crippen LogP contribution in [0, 0.1) is 17.0 Å². The number of carbonyl (C=O) groups is 2. The van der Waals surface area contributed by atoms with Crippen molar-refractivity contribution in [1.82, 2.24) is 5.32 Å². The predicted octanol–water partition coefficient (Wildman–Crippen LogP) is 1.98. The van der Waals surface area contributed by atoms with Crippen molar-refractivity contribution in [3.05, 3.63) is 29.8 Å². The number of anilines is 1. The molecule has 134 valence electrons. The van der Waals surface area contributed by atoms with E-state index in [1.165, 1.54) is 6.07 Å². The molecule has 0 saturated carbocycles. The molecule has 1 aliphatic rings. The number of halogens is 3. The van der Waals surface area contributed by atoms with E-state index in [2.05, 4.69) is 5.32 Å². The molecule has 2 rings (SSSR count). The average Bonchev–Trinajstić information content (AvgIpc) is 2.79. The molecule has 1 aromatic rings. The van der Waals surface area contributed by atoms with E-state index in [1.54, 1.807) is 0 Å². The van der Waals surface area contributed by atoms with E-state index in [1.807, 2.05) is 20.8 Å². The van der Waals surface area contributed by atoms with Gasteiger partial charge in [0.2, 0.25) is 11.8 Å². The van der Waals surface area contributed by atoms with E-state index in [0.717, 1.165) is 17.0 Å². The first-order valence-electron chi connectivity index (χ1n) is 7.44. The smallest absolute Gasteiger partial charge is 0.249 e. The lowest BCUT2D eigenvalue weighted by atomic mass is 9.87. The zero-order valence-corrected chi connectivity index (χ0v) is 14.6. The number of amides is 2. The molecule has 1 unspecified atom stereocenters. The zero-order chi connectivity index (χ0) is 17.4. The largest absolute Gasteiger partial charge is 0.343 e. The summed E-state index contributed by atoms with van der Waals surface area (Å²) in [4.78, 5) is 25.5. The van der Waals surface area contributed by atoms with E-state index in [9.17, 15) is 18.4 Å². The van der Waals surface area contributed by atoms with Gasteiger partial charge in [-0.3, -0.25) is 9.59 Å². The Bertz CT molecular complexity index is 614. The fourth-order valence-corrected chi connectivity index (χ4v) is 2.44. The number of hydrogen-bond donors (Lipinski definition) is 2. The van der Waals surface area contributed by atoms with Gasteiger partial charge in [-0.25, -0.2) is 8.78 Å². The minimum absolute atomic E-state index is 0. The van der Waals surface area contributed by atoms with Gasteiger partial charge in [0.25, 0.3) is 0 Å². The minimum Gasteiger partial charge on any atom is -0.343 e. The van der Waals surface area contributed by atoms with Crippen molar-refractivity contribution in [3.8, 4) is 0 Å². The van der Waals surface area contributed by atoms with Crippen LogP contribution in [0.25, 0.3) is 0 Å². The second kappa shape index (κ2) is 7.44. The van der Waals surface area contributed by atoms with E-state index in [0.29, 0.717) is 0 Å². The highest BCUT2D eigenvalue weighted by Crippen LogP contribution is 2.28. The van der Waals surface area contributed by atoms with E-state index >= 15 is 0 Å². The quantitative estimate of drug-likeness (QED) is 0.864. The first-order chi connectivity index (χ1) is 10.6. The zero-order valence-electron chi connectivity index (χ0n) is 13.8. The Morgan fingerprint density at radius 1 is 1.33 bits per heavy atom. The maximum absolute atomic E-state index is 13.8. The van der Waals surface area contributed by atoms with Crippen LogP contribution in [-0.4, -0.2) is 30.4 Å². The Morgan fingerprint density at radius 3 is 2.38 bits per heavy atom. The lowest BCUT2D eigenvalue weighted by molar-refractivity contribution is -0.128. The number of hydrogen-bond acceptors (Lipinski definition) is 3. The predicted molar refractivity (Wildman–Crippen MR) is 89.9 cm³/mol. The van der Waals surface area contributed by atoms with Gasteiger partial charge in [-0.05, 0) is 24.0 Å². The Balaban J connectivity index is 0.00000288. The molecule has 0 bridgehead atoms. The maximum atomic E-state index is 13.8. The van der Waals surface area contributed by atoms with E-state index < -0.39 is 40.9 Å².